The Hall–Kier alpha value is -1.34. The van der Waals surface area contributed by atoms with Crippen LogP contribution < -0.4 is 16.4 Å². The van der Waals surface area contributed by atoms with E-state index in [1.165, 1.54) is 11.3 Å². The van der Waals surface area contributed by atoms with Gasteiger partial charge in [-0.25, -0.2) is 9.78 Å². The monoisotopic (exact) mass is 270 g/mol. The van der Waals surface area contributed by atoms with Crippen molar-refractivity contribution >= 4 is 28.3 Å². The summed E-state index contributed by atoms with van der Waals surface area (Å²) < 4.78 is 4.94. The average Bonchev–Trinajstić information content (AvgIpc) is 2.72. The van der Waals surface area contributed by atoms with E-state index in [2.05, 4.69) is 9.88 Å². The fraction of sp³-hybridized carbons (Fsp3) is 0.636. The zero-order valence-electron chi connectivity index (χ0n) is 10.4. The van der Waals surface area contributed by atoms with E-state index < -0.39 is 5.97 Å². The SMILES string of the molecule is CCOC(=O)c1sc(N2CCCC(N)C2)nc1N. The standard InChI is InChI=1S/C11H18N4O2S/c1-2-17-10(16)8-9(13)14-11(18-8)15-5-3-4-7(12)6-15/h7H,2-6,12-13H2,1H3. The van der Waals surface area contributed by atoms with Crippen molar-refractivity contribution in [1.29, 1.82) is 0 Å². The minimum Gasteiger partial charge on any atom is -0.462 e. The number of ether oxygens (including phenoxy) is 1. The molecule has 0 aliphatic carbocycles. The minimum atomic E-state index is -0.403. The molecule has 1 fully saturated rings. The molecule has 1 atom stereocenters. The van der Waals surface area contributed by atoms with Crippen LogP contribution in [0.3, 0.4) is 0 Å². The van der Waals surface area contributed by atoms with E-state index in [4.69, 9.17) is 16.2 Å². The number of nitrogens with zero attached hydrogens (tertiary/aromatic N) is 2. The topological polar surface area (TPSA) is 94.5 Å². The number of piperidine rings is 1. The summed E-state index contributed by atoms with van der Waals surface area (Å²) in [5.74, 6) is -0.160. The van der Waals surface area contributed by atoms with Gasteiger partial charge in [-0.3, -0.25) is 0 Å². The second-order valence-electron chi connectivity index (χ2n) is 4.28. The number of nitrogens with two attached hydrogens (primary N) is 2. The van der Waals surface area contributed by atoms with E-state index in [1.807, 2.05) is 0 Å². The molecule has 100 valence electrons. The van der Waals surface area contributed by atoms with Gasteiger partial charge in [-0.05, 0) is 19.8 Å². The zero-order chi connectivity index (χ0) is 13.1. The van der Waals surface area contributed by atoms with E-state index in [0.717, 1.165) is 31.1 Å². The summed E-state index contributed by atoms with van der Waals surface area (Å²) in [6, 6.07) is 0.162. The highest BCUT2D eigenvalue weighted by Crippen LogP contribution is 2.30. The maximum Gasteiger partial charge on any atom is 0.352 e. The van der Waals surface area contributed by atoms with Crippen molar-refractivity contribution in [3.05, 3.63) is 4.88 Å². The number of hydrogen-bond acceptors (Lipinski definition) is 7. The van der Waals surface area contributed by atoms with Gasteiger partial charge in [-0.1, -0.05) is 11.3 Å². The Bertz CT molecular complexity index is 435. The second kappa shape index (κ2) is 5.53. The number of aromatic nitrogens is 1. The van der Waals surface area contributed by atoms with Gasteiger partial charge in [0.2, 0.25) is 0 Å². The predicted octanol–water partition coefficient (Wildman–Crippen LogP) is 0.830. The molecule has 1 unspecified atom stereocenters. The predicted molar refractivity (Wildman–Crippen MR) is 71.9 cm³/mol. The van der Waals surface area contributed by atoms with Crippen LogP contribution in [-0.4, -0.2) is 36.7 Å². The Balaban J connectivity index is 2.15. The molecule has 1 aliphatic heterocycles. The van der Waals surface area contributed by atoms with Gasteiger partial charge in [0.15, 0.2) is 15.8 Å². The van der Waals surface area contributed by atoms with Crippen molar-refractivity contribution in [2.75, 3.05) is 30.3 Å². The van der Waals surface area contributed by atoms with Gasteiger partial charge >= 0.3 is 5.97 Å². The maximum atomic E-state index is 11.7. The van der Waals surface area contributed by atoms with Crippen LogP contribution in [0.4, 0.5) is 10.9 Å². The van der Waals surface area contributed by atoms with Gasteiger partial charge in [0.05, 0.1) is 6.61 Å². The van der Waals surface area contributed by atoms with Crippen LogP contribution in [0.15, 0.2) is 0 Å². The summed E-state index contributed by atoms with van der Waals surface area (Å²) in [6.45, 7) is 3.76. The molecule has 0 radical (unpaired) electrons. The van der Waals surface area contributed by atoms with Gasteiger partial charge in [0.1, 0.15) is 0 Å². The molecule has 0 spiro atoms. The van der Waals surface area contributed by atoms with Crippen LogP contribution in [0.5, 0.6) is 0 Å². The first-order valence-electron chi connectivity index (χ1n) is 6.05. The Morgan fingerprint density at radius 1 is 1.67 bits per heavy atom. The van der Waals surface area contributed by atoms with Crippen molar-refractivity contribution in [2.45, 2.75) is 25.8 Å². The molecule has 1 saturated heterocycles. The normalized spacial score (nSPS) is 19.9. The smallest absolute Gasteiger partial charge is 0.352 e. The summed E-state index contributed by atoms with van der Waals surface area (Å²) in [6.07, 6.45) is 2.07. The van der Waals surface area contributed by atoms with Crippen molar-refractivity contribution < 1.29 is 9.53 Å². The summed E-state index contributed by atoms with van der Waals surface area (Å²) in [5, 5.41) is 0.755. The first-order valence-corrected chi connectivity index (χ1v) is 6.87. The lowest BCUT2D eigenvalue weighted by atomic mass is 10.1. The highest BCUT2D eigenvalue weighted by Gasteiger charge is 2.23. The van der Waals surface area contributed by atoms with Crippen LogP contribution >= 0.6 is 11.3 Å². The van der Waals surface area contributed by atoms with Crippen molar-refractivity contribution in [3.63, 3.8) is 0 Å². The molecule has 1 aromatic rings. The van der Waals surface area contributed by atoms with Gasteiger partial charge in [0, 0.05) is 19.1 Å². The summed E-state index contributed by atoms with van der Waals surface area (Å²) in [5.41, 5.74) is 11.7. The van der Waals surface area contributed by atoms with E-state index >= 15 is 0 Å². The zero-order valence-corrected chi connectivity index (χ0v) is 11.2. The Labute approximate surface area is 110 Å². The van der Waals surface area contributed by atoms with Gasteiger partial charge in [-0.15, -0.1) is 0 Å². The Morgan fingerprint density at radius 3 is 3.11 bits per heavy atom. The number of hydrogen-bond donors (Lipinski definition) is 2. The molecule has 0 aromatic carbocycles. The fourth-order valence-electron chi connectivity index (χ4n) is 1.98. The number of anilines is 2. The van der Waals surface area contributed by atoms with Gasteiger partial charge in [0.25, 0.3) is 0 Å². The van der Waals surface area contributed by atoms with Crippen molar-refractivity contribution in [3.8, 4) is 0 Å². The fourth-order valence-corrected chi connectivity index (χ4v) is 2.90. The number of esters is 1. The Kier molecular flexibility index (Phi) is 4.03. The van der Waals surface area contributed by atoms with Crippen LogP contribution in [0, 0.1) is 0 Å². The molecule has 7 heteroatoms. The van der Waals surface area contributed by atoms with Crippen LogP contribution in [-0.2, 0) is 4.74 Å². The number of carbonyl (C=O) groups is 1. The number of carbonyl (C=O) groups excluding carboxylic acids is 1. The molecule has 18 heavy (non-hydrogen) atoms. The molecule has 0 amide bonds. The molecule has 2 heterocycles. The highest BCUT2D eigenvalue weighted by molar-refractivity contribution is 7.18. The van der Waals surface area contributed by atoms with Crippen molar-refractivity contribution in [1.82, 2.24) is 4.98 Å². The first kappa shape index (κ1) is 13.1. The third-order valence-corrected chi connectivity index (χ3v) is 3.94. The van der Waals surface area contributed by atoms with E-state index in [1.54, 1.807) is 6.92 Å². The van der Waals surface area contributed by atoms with E-state index in [9.17, 15) is 4.79 Å². The number of rotatable bonds is 3. The van der Waals surface area contributed by atoms with E-state index in [0.29, 0.717) is 11.5 Å². The molecule has 6 nitrogen and oxygen atoms in total. The highest BCUT2D eigenvalue weighted by atomic mass is 32.1. The van der Waals surface area contributed by atoms with Crippen molar-refractivity contribution in [2.24, 2.45) is 5.73 Å². The molecular weight excluding hydrogens is 252 g/mol. The maximum absolute atomic E-state index is 11.7. The average molecular weight is 270 g/mol. The Morgan fingerprint density at radius 2 is 2.44 bits per heavy atom. The number of thiazole rings is 1. The van der Waals surface area contributed by atoms with Gasteiger partial charge < -0.3 is 21.1 Å². The largest absolute Gasteiger partial charge is 0.462 e. The molecular formula is C11H18N4O2S. The van der Waals surface area contributed by atoms with E-state index in [-0.39, 0.29) is 11.9 Å². The summed E-state index contributed by atoms with van der Waals surface area (Å²) in [7, 11) is 0. The van der Waals surface area contributed by atoms with Crippen LogP contribution in [0.1, 0.15) is 29.4 Å². The molecule has 0 saturated carbocycles. The van der Waals surface area contributed by atoms with Crippen LogP contribution in [0.2, 0.25) is 0 Å². The minimum absolute atomic E-state index is 0.162. The van der Waals surface area contributed by atoms with Crippen LogP contribution in [0.25, 0.3) is 0 Å². The number of nitrogen functional groups attached to an aromatic ring is 1. The third-order valence-electron chi connectivity index (χ3n) is 2.83. The molecule has 4 N–H and O–H groups in total. The third kappa shape index (κ3) is 2.73. The summed E-state index contributed by atoms with van der Waals surface area (Å²) >= 11 is 1.28. The quantitative estimate of drug-likeness (QED) is 0.790. The lowest BCUT2D eigenvalue weighted by Gasteiger charge is -2.30. The lowest BCUT2D eigenvalue weighted by molar-refractivity contribution is 0.0533. The molecule has 0 bridgehead atoms. The molecule has 1 aliphatic rings. The summed E-state index contributed by atoms with van der Waals surface area (Å²) in [4.78, 5) is 18.4. The molecule has 1 aromatic heterocycles. The molecule has 2 rings (SSSR count). The first-order chi connectivity index (χ1) is 8.61. The lowest BCUT2D eigenvalue weighted by Crippen LogP contribution is -2.42. The van der Waals surface area contributed by atoms with Gasteiger partial charge in [-0.2, -0.15) is 0 Å². The second-order valence-corrected chi connectivity index (χ2v) is 5.26.